The summed E-state index contributed by atoms with van der Waals surface area (Å²) in [6.07, 6.45) is 3.81. The second kappa shape index (κ2) is 6.23. The van der Waals surface area contributed by atoms with Gasteiger partial charge >= 0.3 is 0 Å². The Bertz CT molecular complexity index is 450. The highest BCUT2D eigenvalue weighted by atomic mass is 19.1. The van der Waals surface area contributed by atoms with E-state index >= 15 is 0 Å². The van der Waals surface area contributed by atoms with Gasteiger partial charge in [-0.15, -0.1) is 0 Å². The molecular weight excluding hydrogens is 251 g/mol. The molecule has 1 heterocycles. The number of hydrogen-bond donors (Lipinski definition) is 1. The molecule has 2 rings (SSSR count). The minimum atomic E-state index is -0.111. The van der Waals surface area contributed by atoms with Crippen molar-refractivity contribution in [1.29, 1.82) is 0 Å². The van der Waals surface area contributed by atoms with Crippen LogP contribution in [0.4, 0.5) is 4.39 Å². The molecule has 0 radical (unpaired) electrons. The molecule has 0 saturated carbocycles. The lowest BCUT2D eigenvalue weighted by atomic mass is 9.85. The highest BCUT2D eigenvalue weighted by Crippen LogP contribution is 2.34. The molecule has 1 unspecified atom stereocenters. The molecule has 0 bridgehead atoms. The van der Waals surface area contributed by atoms with Gasteiger partial charge in [0.1, 0.15) is 5.82 Å². The maximum absolute atomic E-state index is 14.2. The van der Waals surface area contributed by atoms with E-state index < -0.39 is 0 Å². The molecule has 0 aromatic heterocycles. The molecule has 112 valence electrons. The van der Waals surface area contributed by atoms with Gasteiger partial charge in [0.15, 0.2) is 0 Å². The number of likely N-dealkylation sites (tertiary alicyclic amines) is 1. The quantitative estimate of drug-likeness (QED) is 0.904. The van der Waals surface area contributed by atoms with E-state index in [0.717, 1.165) is 24.2 Å². The van der Waals surface area contributed by atoms with Crippen LogP contribution in [0.25, 0.3) is 0 Å². The number of likely N-dealkylation sites (N-methyl/N-ethyl adjacent to an activating group) is 1. The van der Waals surface area contributed by atoms with E-state index in [1.807, 2.05) is 26.1 Å². The molecule has 3 heteroatoms. The largest absolute Gasteiger partial charge is 0.311 e. The molecule has 1 aliphatic heterocycles. The van der Waals surface area contributed by atoms with Gasteiger partial charge in [-0.05, 0) is 59.8 Å². The van der Waals surface area contributed by atoms with Crippen molar-refractivity contribution in [3.63, 3.8) is 0 Å². The van der Waals surface area contributed by atoms with E-state index in [1.165, 1.54) is 19.3 Å². The van der Waals surface area contributed by atoms with E-state index in [4.69, 9.17) is 0 Å². The van der Waals surface area contributed by atoms with Gasteiger partial charge in [0.05, 0.1) is 6.04 Å². The van der Waals surface area contributed by atoms with Gasteiger partial charge in [-0.25, -0.2) is 4.39 Å². The number of aryl methyl sites for hydroxylation is 1. The van der Waals surface area contributed by atoms with Gasteiger partial charge in [0.2, 0.25) is 0 Å². The number of benzene rings is 1. The van der Waals surface area contributed by atoms with E-state index in [9.17, 15) is 4.39 Å². The molecule has 1 N–H and O–H groups in total. The fourth-order valence-corrected chi connectivity index (χ4v) is 3.43. The Kier molecular flexibility index (Phi) is 4.82. The first-order valence-electron chi connectivity index (χ1n) is 7.65. The van der Waals surface area contributed by atoms with Gasteiger partial charge in [-0.2, -0.15) is 0 Å². The summed E-state index contributed by atoms with van der Waals surface area (Å²) < 4.78 is 14.2. The molecule has 1 aliphatic rings. The molecule has 0 aliphatic carbocycles. The second-order valence-corrected chi connectivity index (χ2v) is 6.45. The summed E-state index contributed by atoms with van der Waals surface area (Å²) >= 11 is 0. The topological polar surface area (TPSA) is 15.3 Å². The molecule has 0 amide bonds. The van der Waals surface area contributed by atoms with Gasteiger partial charge in [-0.1, -0.05) is 24.1 Å². The highest BCUT2D eigenvalue weighted by molar-refractivity contribution is 5.29. The first-order chi connectivity index (χ1) is 9.46. The van der Waals surface area contributed by atoms with Crippen molar-refractivity contribution in [2.45, 2.75) is 51.6 Å². The van der Waals surface area contributed by atoms with Gasteiger partial charge in [0.25, 0.3) is 0 Å². The molecule has 0 spiro atoms. The first kappa shape index (κ1) is 15.5. The van der Waals surface area contributed by atoms with Crippen molar-refractivity contribution in [2.24, 2.45) is 0 Å². The van der Waals surface area contributed by atoms with E-state index in [1.54, 1.807) is 6.07 Å². The summed E-state index contributed by atoms with van der Waals surface area (Å²) in [5.74, 6) is -0.111. The Balaban J connectivity index is 2.32. The van der Waals surface area contributed by atoms with E-state index in [-0.39, 0.29) is 17.4 Å². The monoisotopic (exact) mass is 278 g/mol. The number of nitrogens with one attached hydrogen (secondary N) is 1. The molecular formula is C17H27FN2. The standard InChI is InChI=1S/C17H27FN2/c1-13-8-9-15(18)14(12-13)16(19-4)17(2,3)20-10-6-5-7-11-20/h8-9,12,16,19H,5-7,10-11H2,1-4H3. The molecule has 20 heavy (non-hydrogen) atoms. The third-order valence-corrected chi connectivity index (χ3v) is 4.63. The van der Waals surface area contributed by atoms with Crippen LogP contribution < -0.4 is 5.32 Å². The Morgan fingerprint density at radius 2 is 1.85 bits per heavy atom. The normalized spacial score (nSPS) is 19.1. The van der Waals surface area contributed by atoms with Crippen LogP contribution in [0.2, 0.25) is 0 Å². The fraction of sp³-hybridized carbons (Fsp3) is 0.647. The SMILES string of the molecule is CNC(c1cc(C)ccc1F)C(C)(C)N1CCCCC1. The fourth-order valence-electron chi connectivity index (χ4n) is 3.43. The summed E-state index contributed by atoms with van der Waals surface area (Å²) in [6.45, 7) is 8.68. The number of hydrogen-bond acceptors (Lipinski definition) is 2. The van der Waals surface area contributed by atoms with Crippen LogP contribution in [0, 0.1) is 12.7 Å². The minimum Gasteiger partial charge on any atom is -0.311 e. The lowest BCUT2D eigenvalue weighted by Gasteiger charge is -2.46. The molecule has 2 nitrogen and oxygen atoms in total. The third-order valence-electron chi connectivity index (χ3n) is 4.63. The average Bonchev–Trinajstić information content (AvgIpc) is 2.44. The number of nitrogens with zero attached hydrogens (tertiary/aromatic N) is 1. The third kappa shape index (κ3) is 3.04. The van der Waals surface area contributed by atoms with Crippen molar-refractivity contribution in [1.82, 2.24) is 10.2 Å². The van der Waals surface area contributed by atoms with Crippen molar-refractivity contribution >= 4 is 0 Å². The Hall–Kier alpha value is -0.930. The summed E-state index contributed by atoms with van der Waals surface area (Å²) in [5, 5.41) is 3.34. The number of piperidine rings is 1. The van der Waals surface area contributed by atoms with Crippen LogP contribution in [-0.2, 0) is 0 Å². The Morgan fingerprint density at radius 1 is 1.20 bits per heavy atom. The summed E-state index contributed by atoms with van der Waals surface area (Å²) in [5.41, 5.74) is 1.79. The zero-order valence-electron chi connectivity index (χ0n) is 13.2. The van der Waals surface area contributed by atoms with Crippen molar-refractivity contribution < 1.29 is 4.39 Å². The van der Waals surface area contributed by atoms with Crippen molar-refractivity contribution in [2.75, 3.05) is 20.1 Å². The lowest BCUT2D eigenvalue weighted by molar-refractivity contribution is 0.0621. The van der Waals surface area contributed by atoms with Crippen LogP contribution in [0.1, 0.15) is 50.3 Å². The summed E-state index contributed by atoms with van der Waals surface area (Å²) in [4.78, 5) is 2.50. The average molecular weight is 278 g/mol. The van der Waals surface area contributed by atoms with E-state index in [0.29, 0.717) is 0 Å². The van der Waals surface area contributed by atoms with Gasteiger partial charge in [0, 0.05) is 11.1 Å². The van der Waals surface area contributed by atoms with Gasteiger partial charge in [-0.3, -0.25) is 4.90 Å². The lowest BCUT2D eigenvalue weighted by Crippen LogP contribution is -2.54. The van der Waals surface area contributed by atoms with Crippen LogP contribution in [-0.4, -0.2) is 30.6 Å². The first-order valence-corrected chi connectivity index (χ1v) is 7.65. The van der Waals surface area contributed by atoms with Crippen molar-refractivity contribution in [3.8, 4) is 0 Å². The van der Waals surface area contributed by atoms with Crippen LogP contribution >= 0.6 is 0 Å². The minimum absolute atomic E-state index is 0.000463. The second-order valence-electron chi connectivity index (χ2n) is 6.45. The van der Waals surface area contributed by atoms with Crippen LogP contribution in [0.15, 0.2) is 18.2 Å². The summed E-state index contributed by atoms with van der Waals surface area (Å²) in [7, 11) is 1.93. The summed E-state index contributed by atoms with van der Waals surface area (Å²) in [6, 6.07) is 5.39. The smallest absolute Gasteiger partial charge is 0.128 e. The predicted octanol–water partition coefficient (Wildman–Crippen LogP) is 3.66. The molecule has 1 aromatic carbocycles. The highest BCUT2D eigenvalue weighted by Gasteiger charge is 2.37. The zero-order chi connectivity index (χ0) is 14.8. The molecule has 1 fully saturated rings. The Labute approximate surface area is 122 Å². The molecule has 1 atom stereocenters. The Morgan fingerprint density at radius 3 is 2.45 bits per heavy atom. The number of rotatable bonds is 4. The predicted molar refractivity (Wildman–Crippen MR) is 82.4 cm³/mol. The maximum Gasteiger partial charge on any atom is 0.128 e. The van der Waals surface area contributed by atoms with Crippen LogP contribution in [0.5, 0.6) is 0 Å². The van der Waals surface area contributed by atoms with E-state index in [2.05, 4.69) is 24.1 Å². The number of halogens is 1. The maximum atomic E-state index is 14.2. The van der Waals surface area contributed by atoms with Gasteiger partial charge < -0.3 is 5.32 Å². The van der Waals surface area contributed by atoms with Crippen molar-refractivity contribution in [3.05, 3.63) is 35.1 Å². The van der Waals surface area contributed by atoms with Crippen LogP contribution in [0.3, 0.4) is 0 Å². The molecule has 1 saturated heterocycles. The molecule has 1 aromatic rings. The zero-order valence-corrected chi connectivity index (χ0v) is 13.2.